The van der Waals surface area contributed by atoms with E-state index in [0.717, 1.165) is 0 Å². The van der Waals surface area contributed by atoms with E-state index in [-0.39, 0.29) is 18.5 Å². The Hall–Kier alpha value is -1.49. The molecule has 1 aliphatic rings. The van der Waals surface area contributed by atoms with Crippen LogP contribution >= 0.6 is 0 Å². The van der Waals surface area contributed by atoms with Gasteiger partial charge in [0.2, 0.25) is 0 Å². The molecule has 0 radical (unpaired) electrons. The molecule has 0 spiro atoms. The average molecular weight is 148 g/mol. The Morgan fingerprint density at radius 2 is 2.18 bits per heavy atom. The third-order valence-electron chi connectivity index (χ3n) is 1.32. The maximum atomic E-state index is 11.0. The van der Waals surface area contributed by atoms with Crippen molar-refractivity contribution in [1.82, 2.24) is 0 Å². The van der Waals surface area contributed by atoms with Crippen LogP contribution < -0.4 is 0 Å². The molecule has 56 valence electrons. The lowest BCUT2D eigenvalue weighted by molar-refractivity contribution is -0.143. The number of allylic oxidation sites excluding steroid dienone is 2. The second-order valence-corrected chi connectivity index (χ2v) is 2.11. The van der Waals surface area contributed by atoms with E-state index in [2.05, 4.69) is 5.92 Å². The lowest BCUT2D eigenvalue weighted by atomic mass is 10.2. The maximum absolute atomic E-state index is 11.0. The molecular formula is C9H8O2. The Bertz CT molecular complexity index is 231. The number of carbonyl (C=O) groups excluding carboxylic acids is 1. The number of esters is 1. The second-order valence-electron chi connectivity index (χ2n) is 2.11. The van der Waals surface area contributed by atoms with Crippen LogP contribution in [-0.4, -0.2) is 12.6 Å². The zero-order valence-corrected chi connectivity index (χ0v) is 5.99. The zero-order valence-electron chi connectivity index (χ0n) is 5.99. The highest BCUT2D eigenvalue weighted by Gasteiger charge is 2.14. The van der Waals surface area contributed by atoms with Crippen molar-refractivity contribution in [2.45, 2.75) is 0 Å². The van der Waals surface area contributed by atoms with Gasteiger partial charge in [-0.15, -0.1) is 6.42 Å². The first-order chi connectivity index (χ1) is 5.34. The van der Waals surface area contributed by atoms with Crippen LogP contribution in [0, 0.1) is 18.3 Å². The molecule has 0 saturated heterocycles. The Labute approximate surface area is 65.5 Å². The zero-order chi connectivity index (χ0) is 8.10. The summed E-state index contributed by atoms with van der Waals surface area (Å²) in [5.41, 5.74) is 0. The highest BCUT2D eigenvalue weighted by molar-refractivity contribution is 5.77. The summed E-state index contributed by atoms with van der Waals surface area (Å²) in [6, 6.07) is 0. The van der Waals surface area contributed by atoms with Crippen molar-refractivity contribution in [3.05, 3.63) is 24.3 Å². The molecule has 11 heavy (non-hydrogen) atoms. The fraction of sp³-hybridized carbons (Fsp3) is 0.222. The summed E-state index contributed by atoms with van der Waals surface area (Å²) in [6.45, 7) is 0.0526. The molecule has 0 fully saturated rings. The summed E-state index contributed by atoms with van der Waals surface area (Å²) < 4.78 is 4.70. The molecule has 0 unspecified atom stereocenters. The summed E-state index contributed by atoms with van der Waals surface area (Å²) >= 11 is 0. The van der Waals surface area contributed by atoms with Crippen molar-refractivity contribution in [3.63, 3.8) is 0 Å². The molecule has 0 aromatic carbocycles. The van der Waals surface area contributed by atoms with Gasteiger partial charge in [-0.2, -0.15) is 0 Å². The largest absolute Gasteiger partial charge is 0.452 e. The van der Waals surface area contributed by atoms with Crippen molar-refractivity contribution in [2.24, 2.45) is 5.92 Å². The molecule has 0 aromatic heterocycles. The van der Waals surface area contributed by atoms with Gasteiger partial charge in [0, 0.05) is 0 Å². The predicted molar refractivity (Wildman–Crippen MR) is 41.6 cm³/mol. The highest BCUT2D eigenvalue weighted by atomic mass is 16.5. The van der Waals surface area contributed by atoms with Gasteiger partial charge in [-0.05, 0) is 0 Å². The second kappa shape index (κ2) is 3.62. The van der Waals surface area contributed by atoms with E-state index in [1.807, 2.05) is 12.2 Å². The maximum Gasteiger partial charge on any atom is 0.317 e. The van der Waals surface area contributed by atoms with Gasteiger partial charge in [-0.25, -0.2) is 0 Å². The topological polar surface area (TPSA) is 26.3 Å². The van der Waals surface area contributed by atoms with Gasteiger partial charge in [0.15, 0.2) is 6.61 Å². The van der Waals surface area contributed by atoms with Crippen molar-refractivity contribution >= 4 is 5.97 Å². The first-order valence-corrected chi connectivity index (χ1v) is 3.29. The number of hydrogen-bond donors (Lipinski definition) is 0. The number of ether oxygens (including phenoxy) is 1. The molecule has 0 atom stereocenters. The molecule has 0 amide bonds. The van der Waals surface area contributed by atoms with Crippen LogP contribution in [0.1, 0.15) is 0 Å². The highest BCUT2D eigenvalue weighted by Crippen LogP contribution is 2.09. The average Bonchev–Trinajstić information content (AvgIpc) is 2.52. The van der Waals surface area contributed by atoms with Crippen molar-refractivity contribution in [3.8, 4) is 12.3 Å². The fourth-order valence-corrected chi connectivity index (χ4v) is 0.798. The van der Waals surface area contributed by atoms with E-state index in [9.17, 15) is 4.79 Å². The quantitative estimate of drug-likeness (QED) is 0.429. The van der Waals surface area contributed by atoms with Crippen LogP contribution in [0.5, 0.6) is 0 Å². The van der Waals surface area contributed by atoms with Crippen LogP contribution in [0.2, 0.25) is 0 Å². The SMILES string of the molecule is C#CCOC(=O)C1C=CC=C1. The van der Waals surface area contributed by atoms with Gasteiger partial charge >= 0.3 is 5.97 Å². The van der Waals surface area contributed by atoms with E-state index in [4.69, 9.17) is 11.2 Å². The van der Waals surface area contributed by atoms with Crippen LogP contribution in [0.25, 0.3) is 0 Å². The molecule has 0 bridgehead atoms. The van der Waals surface area contributed by atoms with Crippen molar-refractivity contribution in [1.29, 1.82) is 0 Å². The minimum absolute atomic E-state index is 0.0526. The van der Waals surface area contributed by atoms with E-state index >= 15 is 0 Å². The number of rotatable bonds is 2. The third-order valence-corrected chi connectivity index (χ3v) is 1.32. The molecule has 2 nitrogen and oxygen atoms in total. The smallest absolute Gasteiger partial charge is 0.317 e. The molecular weight excluding hydrogens is 140 g/mol. The lowest BCUT2D eigenvalue weighted by Gasteiger charge is -2.02. The number of hydrogen-bond acceptors (Lipinski definition) is 2. The molecule has 0 aliphatic heterocycles. The summed E-state index contributed by atoms with van der Waals surface area (Å²) in [6.07, 6.45) is 12.1. The Morgan fingerprint density at radius 3 is 2.73 bits per heavy atom. The summed E-state index contributed by atoms with van der Waals surface area (Å²) in [7, 11) is 0. The van der Waals surface area contributed by atoms with Crippen LogP contribution in [-0.2, 0) is 9.53 Å². The summed E-state index contributed by atoms with van der Waals surface area (Å²) in [5, 5.41) is 0. The van der Waals surface area contributed by atoms with Gasteiger partial charge in [0.05, 0.1) is 5.92 Å². The van der Waals surface area contributed by atoms with Gasteiger partial charge < -0.3 is 4.74 Å². The third kappa shape index (κ3) is 1.98. The Kier molecular flexibility index (Phi) is 2.51. The van der Waals surface area contributed by atoms with Gasteiger partial charge in [0.1, 0.15) is 0 Å². The Balaban J connectivity index is 2.37. The lowest BCUT2D eigenvalue weighted by Crippen LogP contribution is -2.12. The normalized spacial score (nSPS) is 14.8. The minimum atomic E-state index is -0.284. The molecule has 1 aliphatic carbocycles. The van der Waals surface area contributed by atoms with E-state index in [0.29, 0.717) is 0 Å². The van der Waals surface area contributed by atoms with Crippen molar-refractivity contribution in [2.75, 3.05) is 6.61 Å². The van der Waals surface area contributed by atoms with E-state index < -0.39 is 0 Å². The Morgan fingerprint density at radius 1 is 1.55 bits per heavy atom. The first-order valence-electron chi connectivity index (χ1n) is 3.29. The van der Waals surface area contributed by atoms with E-state index in [1.54, 1.807) is 12.2 Å². The van der Waals surface area contributed by atoms with E-state index in [1.165, 1.54) is 0 Å². The van der Waals surface area contributed by atoms with Crippen molar-refractivity contribution < 1.29 is 9.53 Å². The molecule has 0 aromatic rings. The summed E-state index contributed by atoms with van der Waals surface area (Å²) in [5.74, 6) is 1.71. The number of carbonyl (C=O) groups is 1. The molecule has 0 N–H and O–H groups in total. The standard InChI is InChI=1S/C9H8O2/c1-2-7-11-9(10)8-5-3-4-6-8/h1,3-6,8H,7H2. The monoisotopic (exact) mass is 148 g/mol. The van der Waals surface area contributed by atoms with Gasteiger partial charge in [0.25, 0.3) is 0 Å². The van der Waals surface area contributed by atoms with Crippen LogP contribution in [0.4, 0.5) is 0 Å². The first kappa shape index (κ1) is 7.62. The number of terminal acetylenes is 1. The van der Waals surface area contributed by atoms with Gasteiger partial charge in [-0.1, -0.05) is 30.2 Å². The predicted octanol–water partition coefficient (Wildman–Crippen LogP) is 0.905. The molecule has 0 heterocycles. The minimum Gasteiger partial charge on any atom is -0.452 e. The molecule has 2 heteroatoms. The molecule has 0 saturated carbocycles. The summed E-state index contributed by atoms with van der Waals surface area (Å²) in [4.78, 5) is 11.0. The van der Waals surface area contributed by atoms with Crippen LogP contribution in [0.3, 0.4) is 0 Å². The van der Waals surface area contributed by atoms with Gasteiger partial charge in [-0.3, -0.25) is 4.79 Å². The fourth-order valence-electron chi connectivity index (χ4n) is 0.798. The van der Waals surface area contributed by atoms with Crippen LogP contribution in [0.15, 0.2) is 24.3 Å². The molecule has 1 rings (SSSR count).